The van der Waals surface area contributed by atoms with Crippen LogP contribution in [0.4, 0.5) is 0 Å². The van der Waals surface area contributed by atoms with E-state index in [-0.39, 0.29) is 11.3 Å². The zero-order valence-electron chi connectivity index (χ0n) is 5.03. The Labute approximate surface area is 57.5 Å². The van der Waals surface area contributed by atoms with Gasteiger partial charge in [-0.05, 0) is 6.07 Å². The molecule has 0 aliphatic heterocycles. The van der Waals surface area contributed by atoms with E-state index in [2.05, 4.69) is 6.07 Å². The van der Waals surface area contributed by atoms with E-state index in [1.807, 2.05) is 0 Å². The summed E-state index contributed by atoms with van der Waals surface area (Å²) in [4.78, 5) is 10.2. The van der Waals surface area contributed by atoms with E-state index in [0.29, 0.717) is 0 Å². The van der Waals surface area contributed by atoms with Gasteiger partial charge >= 0.3 is 5.97 Å². The Morgan fingerprint density at radius 3 is 2.70 bits per heavy atom. The first kappa shape index (κ1) is 6.61. The van der Waals surface area contributed by atoms with Crippen LogP contribution in [0, 0.1) is 6.07 Å². The summed E-state index contributed by atoms with van der Waals surface area (Å²) in [6.45, 7) is 0. The van der Waals surface area contributed by atoms with Gasteiger partial charge in [0.15, 0.2) is 0 Å². The molecule has 1 rings (SSSR count). The lowest BCUT2D eigenvalue weighted by atomic mass is 10.2. The quantitative estimate of drug-likeness (QED) is 0.604. The summed E-state index contributed by atoms with van der Waals surface area (Å²) in [6, 6.07) is 6.62. The molecule has 1 radical (unpaired) electrons. The Balaban J connectivity index is 3.15. The smallest absolute Gasteiger partial charge is 0.339 e. The number of rotatable bonds is 1. The Hall–Kier alpha value is -1.51. The van der Waals surface area contributed by atoms with Crippen LogP contribution in [0.15, 0.2) is 18.2 Å². The normalized spacial score (nSPS) is 9.20. The van der Waals surface area contributed by atoms with Crippen molar-refractivity contribution in [1.29, 1.82) is 0 Å². The summed E-state index contributed by atoms with van der Waals surface area (Å²) in [5.74, 6) is -1.47. The van der Waals surface area contributed by atoms with Crippen molar-refractivity contribution in [2.75, 3.05) is 0 Å². The summed E-state index contributed by atoms with van der Waals surface area (Å²) in [6.07, 6.45) is 0. The molecule has 0 saturated carbocycles. The predicted octanol–water partition coefficient (Wildman–Crippen LogP) is 0.891. The molecule has 0 bridgehead atoms. The third-order valence-electron chi connectivity index (χ3n) is 1.06. The van der Waals surface area contributed by atoms with Crippen molar-refractivity contribution in [2.24, 2.45) is 0 Å². The van der Waals surface area contributed by atoms with Crippen LogP contribution in [0.2, 0.25) is 0 Å². The Morgan fingerprint density at radius 1 is 1.60 bits per heavy atom. The second-order valence-corrected chi connectivity index (χ2v) is 1.74. The SMILES string of the molecule is O=C(O)c1ccc[c]c1O. The van der Waals surface area contributed by atoms with E-state index in [1.54, 1.807) is 0 Å². The van der Waals surface area contributed by atoms with E-state index in [4.69, 9.17) is 10.2 Å². The zero-order valence-corrected chi connectivity index (χ0v) is 5.03. The van der Waals surface area contributed by atoms with Crippen molar-refractivity contribution in [2.45, 2.75) is 0 Å². The van der Waals surface area contributed by atoms with Crippen LogP contribution in [0.5, 0.6) is 5.75 Å². The molecule has 0 fully saturated rings. The highest BCUT2D eigenvalue weighted by molar-refractivity contribution is 5.90. The average molecular weight is 137 g/mol. The van der Waals surface area contributed by atoms with Gasteiger partial charge in [-0.25, -0.2) is 4.79 Å². The average Bonchev–Trinajstić information content (AvgIpc) is 1.88. The molecule has 0 amide bonds. The van der Waals surface area contributed by atoms with Crippen molar-refractivity contribution >= 4 is 5.97 Å². The summed E-state index contributed by atoms with van der Waals surface area (Å²) in [5.41, 5.74) is -0.123. The lowest BCUT2D eigenvalue weighted by molar-refractivity contribution is 0.0693. The number of carboxylic acid groups (broad SMARTS) is 1. The standard InChI is InChI=1S/C7H5O3/c8-6-4-2-1-3-5(6)7(9)10/h1-3,8H,(H,9,10). The number of benzene rings is 1. The molecule has 0 spiro atoms. The van der Waals surface area contributed by atoms with Crippen LogP contribution >= 0.6 is 0 Å². The van der Waals surface area contributed by atoms with Gasteiger partial charge < -0.3 is 10.2 Å². The predicted molar refractivity (Wildman–Crippen MR) is 33.9 cm³/mol. The second-order valence-electron chi connectivity index (χ2n) is 1.74. The van der Waals surface area contributed by atoms with Crippen molar-refractivity contribution in [1.82, 2.24) is 0 Å². The molecule has 1 aromatic rings. The highest BCUT2D eigenvalue weighted by Crippen LogP contribution is 2.13. The van der Waals surface area contributed by atoms with E-state index in [1.165, 1.54) is 18.2 Å². The first-order valence-corrected chi connectivity index (χ1v) is 2.65. The van der Waals surface area contributed by atoms with Gasteiger partial charge in [0.2, 0.25) is 0 Å². The third kappa shape index (κ3) is 1.07. The van der Waals surface area contributed by atoms with Gasteiger partial charge in [0.1, 0.15) is 11.3 Å². The topological polar surface area (TPSA) is 57.5 Å². The molecule has 51 valence electrons. The van der Waals surface area contributed by atoms with Crippen molar-refractivity contribution < 1.29 is 15.0 Å². The summed E-state index contributed by atoms with van der Waals surface area (Å²) < 4.78 is 0. The summed E-state index contributed by atoms with van der Waals surface area (Å²) in [7, 11) is 0. The van der Waals surface area contributed by atoms with Crippen LogP contribution in [-0.4, -0.2) is 16.2 Å². The number of aromatic carboxylic acids is 1. The molecule has 3 nitrogen and oxygen atoms in total. The molecule has 0 unspecified atom stereocenters. The molecular weight excluding hydrogens is 132 g/mol. The van der Waals surface area contributed by atoms with Crippen molar-refractivity contribution in [3.8, 4) is 5.75 Å². The van der Waals surface area contributed by atoms with Crippen LogP contribution in [0.3, 0.4) is 0 Å². The minimum atomic E-state index is -1.14. The Kier molecular flexibility index (Phi) is 1.58. The number of carbonyl (C=O) groups is 1. The van der Waals surface area contributed by atoms with Gasteiger partial charge in [0.05, 0.1) is 0 Å². The van der Waals surface area contributed by atoms with E-state index in [9.17, 15) is 4.79 Å². The van der Waals surface area contributed by atoms with Gasteiger partial charge in [-0.3, -0.25) is 0 Å². The number of para-hydroxylation sites is 1. The molecule has 0 aliphatic carbocycles. The minimum absolute atomic E-state index is 0.123. The maximum Gasteiger partial charge on any atom is 0.339 e. The number of phenols is 1. The van der Waals surface area contributed by atoms with E-state index < -0.39 is 5.97 Å². The van der Waals surface area contributed by atoms with Gasteiger partial charge in [0.25, 0.3) is 0 Å². The lowest BCUT2D eigenvalue weighted by Crippen LogP contribution is -1.95. The summed E-state index contributed by atoms with van der Waals surface area (Å²) in [5, 5.41) is 17.2. The van der Waals surface area contributed by atoms with Gasteiger partial charge in [0, 0.05) is 6.07 Å². The molecule has 3 heteroatoms. The van der Waals surface area contributed by atoms with Gasteiger partial charge in [-0.15, -0.1) is 0 Å². The fraction of sp³-hybridized carbons (Fsp3) is 0. The minimum Gasteiger partial charge on any atom is -0.506 e. The fourth-order valence-electron chi connectivity index (χ4n) is 0.601. The fourth-order valence-corrected chi connectivity index (χ4v) is 0.601. The van der Waals surface area contributed by atoms with Gasteiger partial charge in [-0.1, -0.05) is 12.1 Å². The maximum atomic E-state index is 10.2. The largest absolute Gasteiger partial charge is 0.506 e. The van der Waals surface area contributed by atoms with Crippen LogP contribution in [-0.2, 0) is 0 Å². The lowest BCUT2D eigenvalue weighted by Gasteiger charge is -1.94. The molecule has 10 heavy (non-hydrogen) atoms. The molecule has 0 atom stereocenters. The third-order valence-corrected chi connectivity index (χ3v) is 1.06. The number of hydrogen-bond acceptors (Lipinski definition) is 2. The van der Waals surface area contributed by atoms with E-state index in [0.717, 1.165) is 0 Å². The Morgan fingerprint density at radius 2 is 2.30 bits per heavy atom. The molecule has 0 saturated heterocycles. The second kappa shape index (κ2) is 2.39. The molecular formula is C7H5O3. The number of carboxylic acids is 1. The molecule has 2 N–H and O–H groups in total. The first-order valence-electron chi connectivity index (χ1n) is 2.65. The first-order chi connectivity index (χ1) is 4.72. The Bertz CT molecular complexity index is 255. The summed E-state index contributed by atoms with van der Waals surface area (Å²) >= 11 is 0. The maximum absolute atomic E-state index is 10.2. The van der Waals surface area contributed by atoms with Gasteiger partial charge in [-0.2, -0.15) is 0 Å². The molecule has 0 aromatic heterocycles. The molecule has 0 heterocycles. The van der Waals surface area contributed by atoms with Crippen LogP contribution < -0.4 is 0 Å². The van der Waals surface area contributed by atoms with Crippen molar-refractivity contribution in [3.63, 3.8) is 0 Å². The van der Waals surface area contributed by atoms with E-state index >= 15 is 0 Å². The highest BCUT2D eigenvalue weighted by atomic mass is 16.4. The highest BCUT2D eigenvalue weighted by Gasteiger charge is 2.06. The number of hydrogen-bond donors (Lipinski definition) is 2. The number of aromatic hydroxyl groups is 1. The monoisotopic (exact) mass is 137 g/mol. The molecule has 0 aliphatic rings. The van der Waals surface area contributed by atoms with Crippen molar-refractivity contribution in [3.05, 3.63) is 29.8 Å². The van der Waals surface area contributed by atoms with Crippen LogP contribution in [0.25, 0.3) is 0 Å². The van der Waals surface area contributed by atoms with Crippen LogP contribution in [0.1, 0.15) is 10.4 Å². The zero-order chi connectivity index (χ0) is 7.56. The molecule has 1 aromatic carbocycles.